The predicted octanol–water partition coefficient (Wildman–Crippen LogP) is 3.19. The summed E-state index contributed by atoms with van der Waals surface area (Å²) in [6, 6.07) is 8.74. The summed E-state index contributed by atoms with van der Waals surface area (Å²) in [4.78, 5) is 3.29. The molecule has 2 fully saturated rings. The maximum absolute atomic E-state index is 5.93. The number of hydrogen-bond acceptors (Lipinski definition) is 2. The minimum atomic E-state index is 0.367. The fourth-order valence-electron chi connectivity index (χ4n) is 3.29. The Kier molecular flexibility index (Phi) is 1.99. The predicted molar refractivity (Wildman–Crippen MR) is 68.7 cm³/mol. The SMILES string of the molecule is S=c1[nH]c2ccccc2n1C1CC2CCC1O2. The standard InChI is InChI=1S/C13H14N2OS/c17-13-14-9-3-1-2-4-10(9)15(13)11-7-8-5-6-12(11)16-8/h1-4,8,11-12H,5-7H2,(H,14,17). The fourth-order valence-corrected chi connectivity index (χ4v) is 3.63. The van der Waals surface area contributed by atoms with Crippen LogP contribution in [0.25, 0.3) is 11.0 Å². The van der Waals surface area contributed by atoms with Crippen molar-refractivity contribution in [1.29, 1.82) is 0 Å². The number of para-hydroxylation sites is 2. The molecule has 4 heteroatoms. The Bertz CT molecular complexity index is 630. The van der Waals surface area contributed by atoms with Gasteiger partial charge in [-0.25, -0.2) is 0 Å². The third-order valence-corrected chi connectivity index (χ3v) is 4.33. The van der Waals surface area contributed by atoms with E-state index in [0.717, 1.165) is 16.7 Å². The number of nitrogens with one attached hydrogen (secondary N) is 1. The number of aromatic nitrogens is 2. The van der Waals surface area contributed by atoms with Gasteiger partial charge in [0.05, 0.1) is 29.3 Å². The molecule has 0 saturated carbocycles. The molecule has 0 amide bonds. The largest absolute Gasteiger partial charge is 0.373 e. The first-order valence-corrected chi connectivity index (χ1v) is 6.58. The lowest BCUT2D eigenvalue weighted by molar-refractivity contribution is 0.0941. The number of hydrogen-bond donors (Lipinski definition) is 1. The summed E-state index contributed by atoms with van der Waals surface area (Å²) in [5.74, 6) is 0. The number of ether oxygens (including phenoxy) is 1. The van der Waals surface area contributed by atoms with E-state index in [1.807, 2.05) is 6.07 Å². The molecular weight excluding hydrogens is 232 g/mol. The molecule has 0 radical (unpaired) electrons. The highest BCUT2D eigenvalue weighted by molar-refractivity contribution is 7.71. The van der Waals surface area contributed by atoms with Crippen molar-refractivity contribution in [2.75, 3.05) is 0 Å². The molecule has 0 spiro atoms. The van der Waals surface area contributed by atoms with Crippen molar-refractivity contribution < 1.29 is 4.74 Å². The average Bonchev–Trinajstić information content (AvgIpc) is 2.99. The average molecular weight is 246 g/mol. The molecule has 88 valence electrons. The summed E-state index contributed by atoms with van der Waals surface area (Å²) >= 11 is 5.46. The molecule has 0 aliphatic carbocycles. The molecule has 2 saturated heterocycles. The van der Waals surface area contributed by atoms with E-state index in [4.69, 9.17) is 17.0 Å². The lowest BCUT2D eigenvalue weighted by atomic mass is 9.95. The van der Waals surface area contributed by atoms with Crippen molar-refractivity contribution >= 4 is 23.3 Å². The number of imidazole rings is 1. The fraction of sp³-hybridized carbons (Fsp3) is 0.462. The van der Waals surface area contributed by atoms with Gasteiger partial charge in [-0.15, -0.1) is 0 Å². The van der Waals surface area contributed by atoms with Crippen LogP contribution in [0.5, 0.6) is 0 Å². The van der Waals surface area contributed by atoms with Crippen LogP contribution in [0, 0.1) is 4.77 Å². The number of nitrogens with zero attached hydrogens (tertiary/aromatic N) is 1. The Labute approximate surface area is 104 Å². The Hall–Kier alpha value is -1.13. The van der Waals surface area contributed by atoms with Crippen molar-refractivity contribution in [1.82, 2.24) is 9.55 Å². The Morgan fingerprint density at radius 2 is 2.18 bits per heavy atom. The van der Waals surface area contributed by atoms with Gasteiger partial charge in [0.25, 0.3) is 0 Å². The molecule has 1 aromatic carbocycles. The van der Waals surface area contributed by atoms with Crippen LogP contribution in [-0.2, 0) is 4.74 Å². The zero-order valence-electron chi connectivity index (χ0n) is 9.43. The summed E-state index contributed by atoms with van der Waals surface area (Å²) in [5, 5.41) is 0. The summed E-state index contributed by atoms with van der Waals surface area (Å²) in [6.45, 7) is 0. The first-order valence-electron chi connectivity index (χ1n) is 6.17. The number of rotatable bonds is 1. The van der Waals surface area contributed by atoms with Gasteiger partial charge in [0, 0.05) is 0 Å². The van der Waals surface area contributed by atoms with Gasteiger partial charge in [0.1, 0.15) is 0 Å². The zero-order chi connectivity index (χ0) is 11.4. The molecule has 1 aromatic heterocycles. The number of aromatic amines is 1. The number of benzene rings is 1. The number of fused-ring (bicyclic) bond motifs is 3. The quantitative estimate of drug-likeness (QED) is 0.783. The monoisotopic (exact) mass is 246 g/mol. The summed E-state index contributed by atoms with van der Waals surface area (Å²) in [6.07, 6.45) is 4.33. The van der Waals surface area contributed by atoms with Crippen LogP contribution in [0.2, 0.25) is 0 Å². The van der Waals surface area contributed by atoms with Crippen LogP contribution in [-0.4, -0.2) is 21.8 Å². The molecular formula is C13H14N2OS. The van der Waals surface area contributed by atoms with E-state index in [-0.39, 0.29) is 0 Å². The molecule has 4 rings (SSSR count). The van der Waals surface area contributed by atoms with Gasteiger partial charge in [-0.05, 0) is 43.6 Å². The summed E-state index contributed by atoms with van der Waals surface area (Å²) in [5.41, 5.74) is 2.33. The van der Waals surface area contributed by atoms with Crippen molar-refractivity contribution in [3.05, 3.63) is 29.0 Å². The highest BCUT2D eigenvalue weighted by Gasteiger charge is 2.42. The minimum Gasteiger partial charge on any atom is -0.373 e. The molecule has 3 nitrogen and oxygen atoms in total. The topological polar surface area (TPSA) is 29.9 Å². The van der Waals surface area contributed by atoms with Gasteiger partial charge in [-0.2, -0.15) is 0 Å². The minimum absolute atomic E-state index is 0.367. The van der Waals surface area contributed by atoms with Crippen LogP contribution < -0.4 is 0 Å². The highest BCUT2D eigenvalue weighted by Crippen LogP contribution is 2.42. The van der Waals surface area contributed by atoms with E-state index < -0.39 is 0 Å². The van der Waals surface area contributed by atoms with Crippen molar-refractivity contribution in [2.24, 2.45) is 0 Å². The normalized spacial score (nSPS) is 31.4. The van der Waals surface area contributed by atoms with E-state index in [0.29, 0.717) is 18.2 Å². The Morgan fingerprint density at radius 1 is 1.29 bits per heavy atom. The van der Waals surface area contributed by atoms with E-state index in [1.165, 1.54) is 18.4 Å². The van der Waals surface area contributed by atoms with Crippen molar-refractivity contribution in [3.63, 3.8) is 0 Å². The molecule has 1 N–H and O–H groups in total. The van der Waals surface area contributed by atoms with Crippen LogP contribution >= 0.6 is 12.2 Å². The molecule has 3 atom stereocenters. The lowest BCUT2D eigenvalue weighted by Gasteiger charge is -2.20. The third-order valence-electron chi connectivity index (χ3n) is 4.03. The van der Waals surface area contributed by atoms with E-state index in [9.17, 15) is 0 Å². The second-order valence-corrected chi connectivity index (χ2v) is 5.38. The van der Waals surface area contributed by atoms with Gasteiger partial charge in [0.15, 0.2) is 4.77 Å². The third kappa shape index (κ3) is 1.34. The van der Waals surface area contributed by atoms with Crippen LogP contribution in [0.1, 0.15) is 25.3 Å². The zero-order valence-corrected chi connectivity index (χ0v) is 10.2. The van der Waals surface area contributed by atoms with Gasteiger partial charge in [-0.3, -0.25) is 0 Å². The van der Waals surface area contributed by atoms with E-state index >= 15 is 0 Å². The van der Waals surface area contributed by atoms with Crippen molar-refractivity contribution in [3.8, 4) is 0 Å². The van der Waals surface area contributed by atoms with Crippen LogP contribution in [0.15, 0.2) is 24.3 Å². The summed E-state index contributed by atoms with van der Waals surface area (Å²) in [7, 11) is 0. The molecule has 3 heterocycles. The second kappa shape index (κ2) is 3.43. The van der Waals surface area contributed by atoms with E-state index in [1.54, 1.807) is 0 Å². The first-order chi connectivity index (χ1) is 8.33. The van der Waals surface area contributed by atoms with Gasteiger partial charge >= 0.3 is 0 Å². The molecule has 2 aliphatic rings. The number of H-pyrrole nitrogens is 1. The highest BCUT2D eigenvalue weighted by atomic mass is 32.1. The molecule has 17 heavy (non-hydrogen) atoms. The van der Waals surface area contributed by atoms with E-state index in [2.05, 4.69) is 27.8 Å². The molecule has 2 bridgehead atoms. The van der Waals surface area contributed by atoms with Gasteiger partial charge in [0.2, 0.25) is 0 Å². The lowest BCUT2D eigenvalue weighted by Crippen LogP contribution is -2.20. The second-order valence-electron chi connectivity index (χ2n) is 4.99. The molecule has 3 unspecified atom stereocenters. The maximum atomic E-state index is 5.93. The van der Waals surface area contributed by atoms with Crippen LogP contribution in [0.3, 0.4) is 0 Å². The van der Waals surface area contributed by atoms with Crippen LogP contribution in [0.4, 0.5) is 0 Å². The van der Waals surface area contributed by atoms with Gasteiger partial charge < -0.3 is 14.3 Å². The maximum Gasteiger partial charge on any atom is 0.178 e. The Balaban J connectivity index is 1.90. The molecule has 2 aromatic rings. The van der Waals surface area contributed by atoms with Crippen molar-refractivity contribution in [2.45, 2.75) is 37.5 Å². The van der Waals surface area contributed by atoms with Gasteiger partial charge in [-0.1, -0.05) is 12.1 Å². The molecule has 2 aliphatic heterocycles. The summed E-state index contributed by atoms with van der Waals surface area (Å²) < 4.78 is 9.02. The smallest absolute Gasteiger partial charge is 0.178 e. The Morgan fingerprint density at radius 3 is 2.94 bits per heavy atom. The first kappa shape index (κ1) is 9.85.